The first kappa shape index (κ1) is 12.1. The molecule has 0 saturated carbocycles. The van der Waals surface area contributed by atoms with Crippen molar-refractivity contribution in [3.05, 3.63) is 0 Å². The summed E-state index contributed by atoms with van der Waals surface area (Å²) in [4.78, 5) is 21.4. The summed E-state index contributed by atoms with van der Waals surface area (Å²) in [6.45, 7) is 0. The van der Waals surface area contributed by atoms with Crippen LogP contribution in [0.15, 0.2) is 0 Å². The number of hydrogen-bond acceptors (Lipinski definition) is 2. The highest BCUT2D eigenvalue weighted by molar-refractivity contribution is 5.82. The van der Waals surface area contributed by atoms with Gasteiger partial charge in [0.05, 0.1) is 11.8 Å². The molecule has 0 radical (unpaired) electrons. The van der Waals surface area contributed by atoms with Crippen molar-refractivity contribution in [1.82, 2.24) is 0 Å². The molecular formula is C10H10O4. The number of rotatable bonds is 5. The molecule has 4 heteroatoms. The molecular weight excluding hydrogens is 184 g/mol. The maximum atomic E-state index is 10.9. The van der Waals surface area contributed by atoms with Crippen LogP contribution in [0, 0.1) is 30.1 Å². The first-order valence-corrected chi connectivity index (χ1v) is 3.80. The number of hydrogen-bond donors (Lipinski definition) is 2. The molecule has 0 spiro atoms. The molecule has 0 saturated heterocycles. The largest absolute Gasteiger partial charge is 0.481 e. The third-order valence-electron chi connectivity index (χ3n) is 1.82. The Kier molecular flexibility index (Phi) is 4.25. The van der Waals surface area contributed by atoms with Crippen LogP contribution in [0.1, 0.15) is 19.3 Å². The number of carbonyl (C=O) groups is 2. The smallest absolute Gasteiger partial charge is 0.312 e. The molecule has 0 amide bonds. The number of carboxylic acid groups (broad SMARTS) is 2. The van der Waals surface area contributed by atoms with Crippen LogP contribution in [0.5, 0.6) is 0 Å². The Labute approximate surface area is 81.9 Å². The SMILES string of the molecule is C#CCC(CC#C)(CC(=O)O)C(=O)O. The van der Waals surface area contributed by atoms with Gasteiger partial charge in [0.1, 0.15) is 0 Å². The number of carboxylic acids is 2. The minimum atomic E-state index is -1.53. The van der Waals surface area contributed by atoms with Gasteiger partial charge in [0.25, 0.3) is 0 Å². The van der Waals surface area contributed by atoms with Gasteiger partial charge in [-0.15, -0.1) is 24.7 Å². The first-order chi connectivity index (χ1) is 6.48. The standard InChI is InChI=1S/C10H10O4/c1-3-5-10(6-4-2,9(13)14)7-8(11)12/h1-2H,5-7H2,(H,11,12)(H,13,14). The van der Waals surface area contributed by atoms with Crippen molar-refractivity contribution < 1.29 is 19.8 Å². The van der Waals surface area contributed by atoms with Crippen LogP contribution in [0.2, 0.25) is 0 Å². The summed E-state index contributed by atoms with van der Waals surface area (Å²) in [5, 5.41) is 17.4. The van der Waals surface area contributed by atoms with Crippen LogP contribution in [0.25, 0.3) is 0 Å². The van der Waals surface area contributed by atoms with Gasteiger partial charge in [-0.3, -0.25) is 9.59 Å². The van der Waals surface area contributed by atoms with Crippen molar-refractivity contribution in [3.8, 4) is 24.7 Å². The molecule has 74 valence electrons. The predicted octanol–water partition coefficient (Wildman–Crippen LogP) is 0.579. The zero-order valence-electron chi connectivity index (χ0n) is 7.49. The van der Waals surface area contributed by atoms with Crippen molar-refractivity contribution in [2.75, 3.05) is 0 Å². The van der Waals surface area contributed by atoms with E-state index >= 15 is 0 Å². The highest BCUT2D eigenvalue weighted by Gasteiger charge is 2.39. The van der Waals surface area contributed by atoms with E-state index in [1.807, 2.05) is 0 Å². The van der Waals surface area contributed by atoms with E-state index in [1.54, 1.807) is 0 Å². The van der Waals surface area contributed by atoms with Crippen LogP contribution >= 0.6 is 0 Å². The van der Waals surface area contributed by atoms with E-state index in [2.05, 4.69) is 11.8 Å². The molecule has 0 atom stereocenters. The minimum absolute atomic E-state index is 0.182. The fourth-order valence-corrected chi connectivity index (χ4v) is 1.09. The lowest BCUT2D eigenvalue weighted by atomic mass is 9.78. The van der Waals surface area contributed by atoms with E-state index in [0.29, 0.717) is 0 Å². The quantitative estimate of drug-likeness (QED) is 0.628. The summed E-state index contributed by atoms with van der Waals surface area (Å²) < 4.78 is 0. The van der Waals surface area contributed by atoms with E-state index in [-0.39, 0.29) is 12.8 Å². The Morgan fingerprint density at radius 2 is 1.57 bits per heavy atom. The second kappa shape index (κ2) is 4.94. The van der Waals surface area contributed by atoms with Crippen LogP contribution < -0.4 is 0 Å². The maximum absolute atomic E-state index is 10.9. The fraction of sp³-hybridized carbons (Fsp3) is 0.400. The Morgan fingerprint density at radius 3 is 1.79 bits per heavy atom. The summed E-state index contributed by atoms with van der Waals surface area (Å²) >= 11 is 0. The predicted molar refractivity (Wildman–Crippen MR) is 49.2 cm³/mol. The lowest BCUT2D eigenvalue weighted by molar-refractivity contribution is -0.155. The second-order valence-corrected chi connectivity index (χ2v) is 2.92. The molecule has 0 unspecified atom stereocenters. The molecule has 14 heavy (non-hydrogen) atoms. The molecule has 0 aromatic rings. The van der Waals surface area contributed by atoms with Crippen molar-refractivity contribution in [1.29, 1.82) is 0 Å². The van der Waals surface area contributed by atoms with Gasteiger partial charge in [-0.2, -0.15) is 0 Å². The molecule has 0 aromatic heterocycles. The van der Waals surface area contributed by atoms with Crippen molar-refractivity contribution in [3.63, 3.8) is 0 Å². The Balaban J connectivity index is 4.96. The van der Waals surface area contributed by atoms with Gasteiger partial charge in [-0.05, 0) is 0 Å². The maximum Gasteiger partial charge on any atom is 0.312 e. The Hall–Kier alpha value is -1.94. The number of aliphatic carboxylic acids is 2. The average Bonchev–Trinajstić information content (AvgIpc) is 2.03. The topological polar surface area (TPSA) is 74.6 Å². The van der Waals surface area contributed by atoms with Crippen molar-refractivity contribution in [2.45, 2.75) is 19.3 Å². The van der Waals surface area contributed by atoms with Gasteiger partial charge in [-0.25, -0.2) is 0 Å². The lowest BCUT2D eigenvalue weighted by Crippen LogP contribution is -2.33. The molecule has 4 nitrogen and oxygen atoms in total. The van der Waals surface area contributed by atoms with Gasteiger partial charge in [0.2, 0.25) is 0 Å². The molecule has 0 aliphatic carbocycles. The van der Waals surface area contributed by atoms with Crippen molar-refractivity contribution >= 4 is 11.9 Å². The highest BCUT2D eigenvalue weighted by atomic mass is 16.4. The average molecular weight is 194 g/mol. The molecule has 0 aliphatic rings. The van der Waals surface area contributed by atoms with Gasteiger partial charge >= 0.3 is 11.9 Å². The van der Waals surface area contributed by atoms with E-state index in [4.69, 9.17) is 23.1 Å². The Morgan fingerprint density at radius 1 is 1.14 bits per heavy atom. The van der Waals surface area contributed by atoms with Gasteiger partial charge < -0.3 is 10.2 Å². The molecule has 0 bridgehead atoms. The van der Waals surface area contributed by atoms with Crippen LogP contribution in [-0.4, -0.2) is 22.2 Å². The van der Waals surface area contributed by atoms with Crippen LogP contribution in [-0.2, 0) is 9.59 Å². The van der Waals surface area contributed by atoms with E-state index in [0.717, 1.165) is 0 Å². The van der Waals surface area contributed by atoms with E-state index < -0.39 is 23.8 Å². The second-order valence-electron chi connectivity index (χ2n) is 2.92. The van der Waals surface area contributed by atoms with Crippen LogP contribution in [0.4, 0.5) is 0 Å². The third kappa shape index (κ3) is 2.84. The van der Waals surface area contributed by atoms with Crippen molar-refractivity contribution in [2.24, 2.45) is 5.41 Å². The summed E-state index contributed by atoms with van der Waals surface area (Å²) in [6.07, 6.45) is 9.04. The molecule has 0 rings (SSSR count). The van der Waals surface area contributed by atoms with Crippen LogP contribution in [0.3, 0.4) is 0 Å². The molecule has 0 aliphatic heterocycles. The number of terminal acetylenes is 2. The zero-order valence-corrected chi connectivity index (χ0v) is 7.49. The molecule has 0 heterocycles. The summed E-state index contributed by atoms with van der Waals surface area (Å²) in [5.74, 6) is 1.79. The molecule has 0 aromatic carbocycles. The van der Waals surface area contributed by atoms with E-state index in [9.17, 15) is 9.59 Å². The molecule has 2 N–H and O–H groups in total. The first-order valence-electron chi connectivity index (χ1n) is 3.80. The third-order valence-corrected chi connectivity index (χ3v) is 1.82. The highest BCUT2D eigenvalue weighted by Crippen LogP contribution is 2.30. The summed E-state index contributed by atoms with van der Waals surface area (Å²) in [6, 6.07) is 0. The van der Waals surface area contributed by atoms with Gasteiger partial charge in [-0.1, -0.05) is 0 Å². The van der Waals surface area contributed by atoms with Gasteiger partial charge in [0, 0.05) is 12.8 Å². The summed E-state index contributed by atoms with van der Waals surface area (Å²) in [5.41, 5.74) is -1.53. The normalized spacial score (nSPS) is 9.86. The van der Waals surface area contributed by atoms with E-state index in [1.165, 1.54) is 0 Å². The fourth-order valence-electron chi connectivity index (χ4n) is 1.09. The summed E-state index contributed by atoms with van der Waals surface area (Å²) in [7, 11) is 0. The monoisotopic (exact) mass is 194 g/mol. The Bertz CT molecular complexity index is 300. The lowest BCUT2D eigenvalue weighted by Gasteiger charge is -2.22. The minimum Gasteiger partial charge on any atom is -0.481 e. The zero-order chi connectivity index (χ0) is 11.2. The van der Waals surface area contributed by atoms with Gasteiger partial charge in [0.15, 0.2) is 0 Å². The molecule has 0 fully saturated rings.